The summed E-state index contributed by atoms with van der Waals surface area (Å²) in [7, 11) is 1.59. The summed E-state index contributed by atoms with van der Waals surface area (Å²) in [5, 5.41) is 11.1. The lowest BCUT2D eigenvalue weighted by Crippen LogP contribution is -2.46. The van der Waals surface area contributed by atoms with Crippen LogP contribution in [0.5, 0.6) is 0 Å². The number of nitrogens with zero attached hydrogens (tertiary/aromatic N) is 1. The molecule has 1 aliphatic heterocycles. The number of piperidine rings is 1. The van der Waals surface area contributed by atoms with Crippen LogP contribution in [0.25, 0.3) is 0 Å². The van der Waals surface area contributed by atoms with Crippen molar-refractivity contribution in [3.63, 3.8) is 0 Å². The molecular formula is C10H16N2O3. The first-order valence-electron chi connectivity index (χ1n) is 5.03. The number of nitrogens with one attached hydrogen (secondary N) is 1. The number of aliphatic carboxylic acids is 1. The molecule has 1 aliphatic rings. The zero-order valence-electron chi connectivity index (χ0n) is 8.77. The van der Waals surface area contributed by atoms with Gasteiger partial charge in [0.15, 0.2) is 0 Å². The lowest BCUT2D eigenvalue weighted by molar-refractivity contribution is -0.132. The van der Waals surface area contributed by atoms with Crippen LogP contribution >= 0.6 is 0 Å². The summed E-state index contributed by atoms with van der Waals surface area (Å²) in [6.45, 7) is 0.738. The molecule has 0 aromatic carbocycles. The van der Waals surface area contributed by atoms with Crippen LogP contribution in [0, 0.1) is 0 Å². The van der Waals surface area contributed by atoms with Crippen molar-refractivity contribution in [3.8, 4) is 0 Å². The standard InChI is InChI=1S/C10H16N2O3/c1-11-10(15)8-4-2-3-6-12(8)7-5-9(13)14/h5,7-8H,2-4,6H2,1H3,(H,11,15)(H,13,14)/b7-5+. The fourth-order valence-corrected chi connectivity index (χ4v) is 1.74. The van der Waals surface area contributed by atoms with E-state index in [2.05, 4.69) is 5.32 Å². The van der Waals surface area contributed by atoms with Crippen molar-refractivity contribution in [2.45, 2.75) is 25.3 Å². The number of likely N-dealkylation sites (tertiary alicyclic amines) is 1. The van der Waals surface area contributed by atoms with Crippen molar-refractivity contribution >= 4 is 11.9 Å². The van der Waals surface area contributed by atoms with Gasteiger partial charge in [-0.3, -0.25) is 4.79 Å². The second-order valence-electron chi connectivity index (χ2n) is 3.52. The van der Waals surface area contributed by atoms with Gasteiger partial charge >= 0.3 is 5.97 Å². The minimum Gasteiger partial charge on any atom is -0.478 e. The van der Waals surface area contributed by atoms with E-state index in [1.807, 2.05) is 0 Å². The zero-order valence-corrected chi connectivity index (χ0v) is 8.77. The average molecular weight is 212 g/mol. The van der Waals surface area contributed by atoms with Crippen molar-refractivity contribution in [1.82, 2.24) is 10.2 Å². The lowest BCUT2D eigenvalue weighted by atomic mass is 10.0. The van der Waals surface area contributed by atoms with E-state index in [9.17, 15) is 9.59 Å². The number of likely N-dealkylation sites (N-methyl/N-ethyl adjacent to an activating group) is 1. The first kappa shape index (κ1) is 11.6. The molecule has 1 saturated heterocycles. The van der Waals surface area contributed by atoms with Gasteiger partial charge in [0.05, 0.1) is 0 Å². The van der Waals surface area contributed by atoms with Gasteiger partial charge in [0, 0.05) is 25.9 Å². The highest BCUT2D eigenvalue weighted by Gasteiger charge is 2.25. The molecule has 0 saturated carbocycles. The van der Waals surface area contributed by atoms with Crippen LogP contribution in [0.3, 0.4) is 0 Å². The molecule has 2 N–H and O–H groups in total. The number of amides is 1. The van der Waals surface area contributed by atoms with Gasteiger partial charge in [0.2, 0.25) is 5.91 Å². The monoisotopic (exact) mass is 212 g/mol. The van der Waals surface area contributed by atoms with E-state index in [4.69, 9.17) is 5.11 Å². The van der Waals surface area contributed by atoms with E-state index in [1.165, 1.54) is 6.20 Å². The van der Waals surface area contributed by atoms with E-state index in [-0.39, 0.29) is 11.9 Å². The van der Waals surface area contributed by atoms with Crippen molar-refractivity contribution in [2.75, 3.05) is 13.6 Å². The van der Waals surface area contributed by atoms with Gasteiger partial charge < -0.3 is 15.3 Å². The SMILES string of the molecule is CNC(=O)C1CCCCN1/C=C/C(=O)O. The Hall–Kier alpha value is -1.52. The molecule has 1 rings (SSSR count). The Morgan fingerprint density at radius 2 is 2.20 bits per heavy atom. The van der Waals surface area contributed by atoms with Crippen molar-refractivity contribution in [1.29, 1.82) is 0 Å². The number of carbonyl (C=O) groups is 2. The lowest BCUT2D eigenvalue weighted by Gasteiger charge is -2.33. The van der Waals surface area contributed by atoms with Crippen LogP contribution in [0.2, 0.25) is 0 Å². The second kappa shape index (κ2) is 5.38. The van der Waals surface area contributed by atoms with Crippen LogP contribution in [0.4, 0.5) is 0 Å². The van der Waals surface area contributed by atoms with Crippen LogP contribution in [0.15, 0.2) is 12.3 Å². The molecule has 15 heavy (non-hydrogen) atoms. The van der Waals surface area contributed by atoms with E-state index < -0.39 is 5.97 Å². The predicted molar refractivity (Wildman–Crippen MR) is 55.2 cm³/mol. The maximum atomic E-state index is 11.5. The molecule has 0 aromatic rings. The van der Waals surface area contributed by atoms with E-state index in [0.29, 0.717) is 0 Å². The number of carboxylic acid groups (broad SMARTS) is 1. The third-order valence-corrected chi connectivity index (χ3v) is 2.50. The summed E-state index contributed by atoms with van der Waals surface area (Å²) in [6, 6.07) is -0.223. The van der Waals surface area contributed by atoms with Crippen LogP contribution in [0.1, 0.15) is 19.3 Å². The first-order chi connectivity index (χ1) is 7.15. The average Bonchev–Trinajstić information content (AvgIpc) is 2.25. The molecule has 0 bridgehead atoms. The van der Waals surface area contributed by atoms with E-state index in [1.54, 1.807) is 11.9 Å². The molecule has 0 aromatic heterocycles. The number of hydrogen-bond acceptors (Lipinski definition) is 3. The Kier molecular flexibility index (Phi) is 4.15. The molecule has 1 amide bonds. The Balaban J connectivity index is 2.65. The van der Waals surface area contributed by atoms with Crippen LogP contribution < -0.4 is 5.32 Å². The predicted octanol–water partition coefficient (Wildman–Crippen LogP) is 0.185. The van der Waals surface area contributed by atoms with Crippen molar-refractivity contribution in [2.24, 2.45) is 0 Å². The highest BCUT2D eigenvalue weighted by Crippen LogP contribution is 2.17. The normalized spacial score (nSPS) is 21.7. The molecule has 1 atom stereocenters. The third kappa shape index (κ3) is 3.27. The van der Waals surface area contributed by atoms with E-state index >= 15 is 0 Å². The molecule has 0 radical (unpaired) electrons. The summed E-state index contributed by atoms with van der Waals surface area (Å²) in [5.74, 6) is -1.04. The van der Waals surface area contributed by atoms with Crippen molar-refractivity contribution < 1.29 is 14.7 Å². The van der Waals surface area contributed by atoms with Crippen LogP contribution in [-0.2, 0) is 9.59 Å². The van der Waals surface area contributed by atoms with Gasteiger partial charge in [-0.15, -0.1) is 0 Å². The molecule has 0 aliphatic carbocycles. The number of carbonyl (C=O) groups excluding carboxylic acids is 1. The van der Waals surface area contributed by atoms with Gasteiger partial charge in [0.1, 0.15) is 6.04 Å². The molecule has 0 spiro atoms. The fraction of sp³-hybridized carbons (Fsp3) is 0.600. The largest absolute Gasteiger partial charge is 0.478 e. The molecule has 5 heteroatoms. The molecule has 1 unspecified atom stereocenters. The summed E-state index contributed by atoms with van der Waals surface area (Å²) in [6.07, 6.45) is 5.35. The Labute approximate surface area is 88.8 Å². The summed E-state index contributed by atoms with van der Waals surface area (Å²) >= 11 is 0. The van der Waals surface area contributed by atoms with E-state index in [0.717, 1.165) is 31.9 Å². The van der Waals surface area contributed by atoms with Gasteiger partial charge in [-0.25, -0.2) is 4.79 Å². The van der Waals surface area contributed by atoms with Crippen LogP contribution in [-0.4, -0.2) is 41.5 Å². The smallest absolute Gasteiger partial charge is 0.329 e. The topological polar surface area (TPSA) is 69.6 Å². The maximum Gasteiger partial charge on any atom is 0.329 e. The van der Waals surface area contributed by atoms with Gasteiger partial charge in [-0.2, -0.15) is 0 Å². The number of rotatable bonds is 3. The molecule has 84 valence electrons. The first-order valence-corrected chi connectivity index (χ1v) is 5.03. The minimum absolute atomic E-state index is 0.0512. The van der Waals surface area contributed by atoms with Gasteiger partial charge in [-0.05, 0) is 19.3 Å². The highest BCUT2D eigenvalue weighted by atomic mass is 16.4. The quantitative estimate of drug-likeness (QED) is 0.655. The Morgan fingerprint density at radius 1 is 1.47 bits per heavy atom. The zero-order chi connectivity index (χ0) is 11.3. The Bertz CT molecular complexity index is 276. The summed E-state index contributed by atoms with van der Waals surface area (Å²) in [5.41, 5.74) is 0. The fourth-order valence-electron chi connectivity index (χ4n) is 1.74. The second-order valence-corrected chi connectivity index (χ2v) is 3.52. The highest BCUT2D eigenvalue weighted by molar-refractivity contribution is 5.82. The van der Waals surface area contributed by atoms with Crippen molar-refractivity contribution in [3.05, 3.63) is 12.3 Å². The molecule has 5 nitrogen and oxygen atoms in total. The van der Waals surface area contributed by atoms with Gasteiger partial charge in [-0.1, -0.05) is 0 Å². The maximum absolute atomic E-state index is 11.5. The molecule has 1 fully saturated rings. The minimum atomic E-state index is -0.990. The molecular weight excluding hydrogens is 196 g/mol. The third-order valence-electron chi connectivity index (χ3n) is 2.50. The number of carboxylic acids is 1. The summed E-state index contributed by atoms with van der Waals surface area (Å²) < 4.78 is 0. The Morgan fingerprint density at radius 3 is 2.80 bits per heavy atom. The molecule has 1 heterocycles. The summed E-state index contributed by atoms with van der Waals surface area (Å²) in [4.78, 5) is 23.6. The number of hydrogen-bond donors (Lipinski definition) is 2. The van der Waals surface area contributed by atoms with Gasteiger partial charge in [0.25, 0.3) is 0 Å².